The van der Waals surface area contributed by atoms with E-state index in [0.29, 0.717) is 6.04 Å². The molecular formula is C13H14N3-. The van der Waals surface area contributed by atoms with E-state index in [1.54, 1.807) is 6.08 Å². The van der Waals surface area contributed by atoms with Gasteiger partial charge in [-0.05, 0) is 30.8 Å². The molecule has 0 aliphatic heterocycles. The summed E-state index contributed by atoms with van der Waals surface area (Å²) in [5.74, 6) is 0.848. The van der Waals surface area contributed by atoms with E-state index >= 15 is 0 Å². The monoisotopic (exact) mass is 212 g/mol. The summed E-state index contributed by atoms with van der Waals surface area (Å²) >= 11 is 0. The van der Waals surface area contributed by atoms with Crippen LogP contribution in [-0.2, 0) is 0 Å². The molecule has 0 unspecified atom stereocenters. The summed E-state index contributed by atoms with van der Waals surface area (Å²) in [5.41, 5.74) is 1.90. The van der Waals surface area contributed by atoms with Gasteiger partial charge in [0, 0.05) is 12.2 Å². The Morgan fingerprint density at radius 1 is 1.38 bits per heavy atom. The first kappa shape index (κ1) is 9.58. The van der Waals surface area contributed by atoms with Crippen molar-refractivity contribution < 1.29 is 0 Å². The van der Waals surface area contributed by atoms with Gasteiger partial charge in [0.1, 0.15) is 5.65 Å². The summed E-state index contributed by atoms with van der Waals surface area (Å²) in [6.45, 7) is 5.65. The second-order valence-corrected chi connectivity index (χ2v) is 4.29. The minimum Gasteiger partial charge on any atom is -0.385 e. The van der Waals surface area contributed by atoms with Crippen molar-refractivity contribution in [2.24, 2.45) is 0 Å². The second-order valence-electron chi connectivity index (χ2n) is 4.29. The minimum absolute atomic E-state index is 0.523. The molecule has 0 spiro atoms. The number of hydrogen-bond acceptors (Lipinski definition) is 2. The van der Waals surface area contributed by atoms with Crippen LogP contribution in [-0.4, -0.2) is 14.5 Å². The van der Waals surface area contributed by atoms with Gasteiger partial charge in [-0.3, -0.25) is 6.58 Å². The summed E-state index contributed by atoms with van der Waals surface area (Å²) in [6.07, 6.45) is 8.41. The van der Waals surface area contributed by atoms with E-state index in [4.69, 9.17) is 6.58 Å². The number of rotatable bonds is 2. The number of imidazole rings is 1. The maximum Gasteiger partial charge on any atom is 0.142 e. The van der Waals surface area contributed by atoms with Crippen LogP contribution in [0.4, 0.5) is 0 Å². The Morgan fingerprint density at radius 2 is 2.19 bits per heavy atom. The molecule has 2 aromatic rings. The van der Waals surface area contributed by atoms with Crippen molar-refractivity contribution in [3.05, 3.63) is 30.7 Å². The van der Waals surface area contributed by atoms with Crippen molar-refractivity contribution in [3.63, 3.8) is 0 Å². The zero-order chi connectivity index (χ0) is 11.0. The maximum atomic E-state index is 5.65. The predicted octanol–water partition coefficient (Wildman–Crippen LogP) is 2.99. The van der Waals surface area contributed by atoms with Crippen molar-refractivity contribution in [1.29, 1.82) is 0 Å². The first-order valence-electron chi connectivity index (χ1n) is 5.78. The molecule has 0 N–H and O–H groups in total. The number of fused-ring (bicyclic) bond motifs is 1. The standard InChI is InChI=1S/C13H14N3/c1-2-12-15-11-8-5-9-14-13(11)16(12)10-6-3-4-7-10/h1-2,5,8-10H,3-4,6-7H2/q-1. The quantitative estimate of drug-likeness (QED) is 0.716. The highest BCUT2D eigenvalue weighted by Gasteiger charge is 2.18. The molecule has 1 aliphatic carbocycles. The Balaban J connectivity index is 2.22. The van der Waals surface area contributed by atoms with Crippen LogP contribution in [0.3, 0.4) is 0 Å². The maximum absolute atomic E-state index is 5.65. The molecule has 3 heteroatoms. The van der Waals surface area contributed by atoms with E-state index in [9.17, 15) is 0 Å². The van der Waals surface area contributed by atoms with E-state index in [0.717, 1.165) is 17.0 Å². The Morgan fingerprint density at radius 3 is 2.94 bits per heavy atom. The Bertz CT molecular complexity index is 521. The van der Waals surface area contributed by atoms with Gasteiger partial charge in [-0.25, -0.2) is 11.1 Å². The van der Waals surface area contributed by atoms with Gasteiger partial charge < -0.3 is 9.55 Å². The average Bonchev–Trinajstić information content (AvgIpc) is 2.94. The summed E-state index contributed by atoms with van der Waals surface area (Å²) in [5, 5.41) is 0. The van der Waals surface area contributed by atoms with E-state index in [1.807, 2.05) is 18.3 Å². The smallest absolute Gasteiger partial charge is 0.142 e. The van der Waals surface area contributed by atoms with Crippen LogP contribution in [0.1, 0.15) is 37.5 Å². The number of pyridine rings is 1. The summed E-state index contributed by atoms with van der Waals surface area (Å²) in [6, 6.07) is 4.42. The molecule has 3 nitrogen and oxygen atoms in total. The van der Waals surface area contributed by atoms with E-state index in [1.165, 1.54) is 25.7 Å². The van der Waals surface area contributed by atoms with E-state index < -0.39 is 0 Å². The fraction of sp³-hybridized carbons (Fsp3) is 0.385. The van der Waals surface area contributed by atoms with Gasteiger partial charge in [0.2, 0.25) is 0 Å². The third-order valence-corrected chi connectivity index (χ3v) is 3.32. The highest BCUT2D eigenvalue weighted by atomic mass is 15.1. The van der Waals surface area contributed by atoms with Gasteiger partial charge in [-0.1, -0.05) is 12.8 Å². The van der Waals surface area contributed by atoms with Gasteiger partial charge in [0.05, 0.1) is 5.52 Å². The fourth-order valence-corrected chi connectivity index (χ4v) is 2.59. The zero-order valence-electron chi connectivity index (χ0n) is 9.13. The molecular weight excluding hydrogens is 198 g/mol. The molecule has 0 radical (unpaired) electrons. The lowest BCUT2D eigenvalue weighted by molar-refractivity contribution is 0.525. The van der Waals surface area contributed by atoms with Crippen LogP contribution in [0.15, 0.2) is 18.3 Å². The van der Waals surface area contributed by atoms with Crippen LogP contribution >= 0.6 is 0 Å². The van der Waals surface area contributed by atoms with Crippen LogP contribution in [0.25, 0.3) is 17.2 Å². The zero-order valence-corrected chi connectivity index (χ0v) is 9.13. The molecule has 1 fully saturated rings. The molecule has 0 atom stereocenters. The van der Waals surface area contributed by atoms with E-state index in [-0.39, 0.29) is 0 Å². The molecule has 82 valence electrons. The average molecular weight is 212 g/mol. The Kier molecular flexibility index (Phi) is 2.24. The molecule has 0 saturated heterocycles. The highest BCUT2D eigenvalue weighted by molar-refractivity contribution is 5.73. The van der Waals surface area contributed by atoms with Gasteiger partial charge in [0.25, 0.3) is 0 Å². The molecule has 0 aromatic carbocycles. The van der Waals surface area contributed by atoms with Crippen LogP contribution in [0.2, 0.25) is 0 Å². The Labute approximate surface area is 94.8 Å². The number of hydrogen-bond donors (Lipinski definition) is 0. The predicted molar refractivity (Wildman–Crippen MR) is 63.8 cm³/mol. The topological polar surface area (TPSA) is 30.7 Å². The van der Waals surface area contributed by atoms with Crippen molar-refractivity contribution in [3.8, 4) is 0 Å². The molecule has 2 heterocycles. The van der Waals surface area contributed by atoms with Crippen molar-refractivity contribution >= 4 is 17.2 Å². The Hall–Kier alpha value is -1.64. The van der Waals surface area contributed by atoms with Crippen LogP contribution in [0.5, 0.6) is 0 Å². The van der Waals surface area contributed by atoms with Crippen LogP contribution in [0, 0.1) is 6.58 Å². The largest absolute Gasteiger partial charge is 0.385 e. The third kappa shape index (κ3) is 1.35. The van der Waals surface area contributed by atoms with Gasteiger partial charge in [-0.2, -0.15) is 0 Å². The van der Waals surface area contributed by atoms with Crippen molar-refractivity contribution in [1.82, 2.24) is 14.5 Å². The lowest BCUT2D eigenvalue weighted by Gasteiger charge is -2.19. The first-order valence-corrected chi connectivity index (χ1v) is 5.78. The normalized spacial score (nSPS) is 17.0. The lowest BCUT2D eigenvalue weighted by Crippen LogP contribution is -2.07. The van der Waals surface area contributed by atoms with E-state index in [2.05, 4.69) is 14.5 Å². The van der Waals surface area contributed by atoms with Crippen molar-refractivity contribution in [2.75, 3.05) is 0 Å². The molecule has 3 rings (SSSR count). The molecule has 0 amide bonds. The van der Waals surface area contributed by atoms with Gasteiger partial charge in [0.15, 0.2) is 0 Å². The SMILES string of the molecule is [CH-]=Cc1nc2cccnc2n1C1CCCC1. The molecule has 0 bridgehead atoms. The highest BCUT2D eigenvalue weighted by Crippen LogP contribution is 2.33. The second kappa shape index (κ2) is 3.74. The fourth-order valence-electron chi connectivity index (χ4n) is 2.59. The summed E-state index contributed by atoms with van der Waals surface area (Å²) in [7, 11) is 0. The summed E-state index contributed by atoms with van der Waals surface area (Å²) in [4.78, 5) is 8.91. The molecule has 16 heavy (non-hydrogen) atoms. The van der Waals surface area contributed by atoms with Crippen molar-refractivity contribution in [2.45, 2.75) is 31.7 Å². The lowest BCUT2D eigenvalue weighted by atomic mass is 10.2. The number of aromatic nitrogens is 3. The van der Waals surface area contributed by atoms with Gasteiger partial charge in [-0.15, -0.1) is 0 Å². The third-order valence-electron chi connectivity index (χ3n) is 3.32. The first-order chi connectivity index (χ1) is 7.90. The van der Waals surface area contributed by atoms with Crippen LogP contribution < -0.4 is 0 Å². The molecule has 1 aliphatic rings. The molecule has 2 aromatic heterocycles. The minimum atomic E-state index is 0.523. The number of nitrogens with zero attached hydrogens (tertiary/aromatic N) is 3. The van der Waals surface area contributed by atoms with Gasteiger partial charge >= 0.3 is 0 Å². The summed E-state index contributed by atoms with van der Waals surface area (Å²) < 4.78 is 2.20. The molecule has 1 saturated carbocycles.